The van der Waals surface area contributed by atoms with Crippen LogP contribution in [0.3, 0.4) is 0 Å². The third-order valence-electron chi connectivity index (χ3n) is 2.55. The largest absolute Gasteiger partial charge is 0.349 e. The van der Waals surface area contributed by atoms with Gasteiger partial charge in [0.2, 0.25) is 11.9 Å². The summed E-state index contributed by atoms with van der Waals surface area (Å²) in [4.78, 5) is 13.0. The van der Waals surface area contributed by atoms with Gasteiger partial charge in [0.05, 0.1) is 6.07 Å². The van der Waals surface area contributed by atoms with Crippen molar-refractivity contribution in [3.63, 3.8) is 0 Å². The lowest BCUT2D eigenvalue weighted by Crippen LogP contribution is -2.33. The maximum absolute atomic E-state index is 9.30. The Hall–Kier alpha value is -1.55. The molecule has 0 fully saturated rings. The normalized spacial score (nSPS) is 13.4. The zero-order chi connectivity index (χ0) is 16.3. The molecule has 1 rings (SSSR count). The minimum Gasteiger partial charge on any atom is -0.349 e. The molecule has 1 aromatic rings. The fourth-order valence-corrected chi connectivity index (χ4v) is 1.83. The van der Waals surface area contributed by atoms with Crippen molar-refractivity contribution in [3.05, 3.63) is 0 Å². The zero-order valence-corrected chi connectivity index (χ0v) is 14.6. The van der Waals surface area contributed by atoms with Crippen LogP contribution in [0.15, 0.2) is 5.16 Å². The molecule has 0 saturated heterocycles. The molecule has 0 aromatic carbocycles. The first-order chi connectivity index (χ1) is 9.55. The summed E-state index contributed by atoms with van der Waals surface area (Å²) >= 11 is 1.44. The second kappa shape index (κ2) is 6.48. The standard InChI is InChI=1S/C14H24N6S/c1-13(2,3)9(8-15)16-10-17-11(20-14(4,5)6)19-12(18-10)21-7/h9H,1-7H3,(H2,16,17,18,19,20). The second-order valence-electron chi connectivity index (χ2n) is 6.92. The Kier molecular flexibility index (Phi) is 5.40. The number of rotatable bonds is 4. The van der Waals surface area contributed by atoms with Crippen molar-refractivity contribution in [2.45, 2.75) is 58.3 Å². The molecule has 1 atom stereocenters. The third-order valence-corrected chi connectivity index (χ3v) is 3.10. The first kappa shape index (κ1) is 17.5. The van der Waals surface area contributed by atoms with Crippen molar-refractivity contribution in [3.8, 4) is 6.07 Å². The molecule has 0 amide bonds. The molecule has 1 heterocycles. The summed E-state index contributed by atoms with van der Waals surface area (Å²) in [6, 6.07) is 1.88. The molecule has 0 spiro atoms. The van der Waals surface area contributed by atoms with Crippen LogP contribution in [0.4, 0.5) is 11.9 Å². The molecule has 0 radical (unpaired) electrons. The van der Waals surface area contributed by atoms with Crippen molar-refractivity contribution in [1.82, 2.24) is 15.0 Å². The Morgan fingerprint density at radius 1 is 1.05 bits per heavy atom. The Morgan fingerprint density at radius 3 is 2.05 bits per heavy atom. The number of hydrogen-bond acceptors (Lipinski definition) is 7. The van der Waals surface area contributed by atoms with E-state index >= 15 is 0 Å². The summed E-state index contributed by atoms with van der Waals surface area (Å²) < 4.78 is 0. The minimum absolute atomic E-state index is 0.146. The van der Waals surface area contributed by atoms with Gasteiger partial charge in [-0.05, 0) is 32.4 Å². The van der Waals surface area contributed by atoms with Crippen LogP contribution >= 0.6 is 11.8 Å². The number of nitriles is 1. The van der Waals surface area contributed by atoms with Gasteiger partial charge in [0.15, 0.2) is 5.16 Å². The first-order valence-electron chi connectivity index (χ1n) is 6.79. The lowest BCUT2D eigenvalue weighted by molar-refractivity contribution is 0.388. The topological polar surface area (TPSA) is 86.5 Å². The summed E-state index contributed by atoms with van der Waals surface area (Å²) in [5.41, 5.74) is -0.356. The third kappa shape index (κ3) is 5.76. The molecular formula is C14H24N6S. The van der Waals surface area contributed by atoms with Crippen molar-refractivity contribution >= 4 is 23.7 Å². The number of nitrogens with one attached hydrogen (secondary N) is 2. The van der Waals surface area contributed by atoms with Crippen LogP contribution in [-0.2, 0) is 0 Å². The fraction of sp³-hybridized carbons (Fsp3) is 0.714. The van der Waals surface area contributed by atoms with E-state index in [1.54, 1.807) is 0 Å². The van der Waals surface area contributed by atoms with Gasteiger partial charge in [-0.2, -0.15) is 20.2 Å². The molecular weight excluding hydrogens is 284 g/mol. The van der Waals surface area contributed by atoms with E-state index in [1.165, 1.54) is 11.8 Å². The Morgan fingerprint density at radius 2 is 1.62 bits per heavy atom. The van der Waals surface area contributed by atoms with E-state index in [2.05, 4.69) is 31.7 Å². The summed E-state index contributed by atoms with van der Waals surface area (Å²) in [6.07, 6.45) is 1.91. The van der Waals surface area contributed by atoms with Crippen LogP contribution < -0.4 is 10.6 Å². The van der Waals surface area contributed by atoms with Gasteiger partial charge in [0.25, 0.3) is 0 Å². The fourth-order valence-electron chi connectivity index (χ4n) is 1.48. The van der Waals surface area contributed by atoms with Gasteiger partial charge < -0.3 is 10.6 Å². The lowest BCUT2D eigenvalue weighted by atomic mass is 9.88. The number of anilines is 2. The maximum atomic E-state index is 9.30. The van der Waals surface area contributed by atoms with E-state index < -0.39 is 0 Å². The Labute approximate surface area is 131 Å². The van der Waals surface area contributed by atoms with E-state index in [1.807, 2.05) is 47.8 Å². The van der Waals surface area contributed by atoms with Gasteiger partial charge in [-0.1, -0.05) is 32.5 Å². The Balaban J connectivity index is 3.07. The highest BCUT2D eigenvalue weighted by Gasteiger charge is 2.25. The average Bonchev–Trinajstić information content (AvgIpc) is 2.32. The summed E-state index contributed by atoms with van der Waals surface area (Å²) in [5.74, 6) is 0.928. The van der Waals surface area contributed by atoms with Crippen molar-refractivity contribution in [2.24, 2.45) is 5.41 Å². The monoisotopic (exact) mass is 308 g/mol. The van der Waals surface area contributed by atoms with Crippen LogP contribution in [0.5, 0.6) is 0 Å². The van der Waals surface area contributed by atoms with Crippen molar-refractivity contribution in [2.75, 3.05) is 16.9 Å². The summed E-state index contributed by atoms with van der Waals surface area (Å²) in [6.45, 7) is 12.1. The van der Waals surface area contributed by atoms with E-state index in [4.69, 9.17) is 0 Å². The minimum atomic E-state index is -0.378. The first-order valence-corrected chi connectivity index (χ1v) is 8.02. The smallest absolute Gasteiger partial charge is 0.229 e. The van der Waals surface area contributed by atoms with Crippen molar-refractivity contribution in [1.29, 1.82) is 5.26 Å². The SMILES string of the molecule is CSc1nc(NC(C#N)C(C)(C)C)nc(NC(C)(C)C)n1. The zero-order valence-electron chi connectivity index (χ0n) is 13.8. The number of nitrogens with zero attached hydrogens (tertiary/aromatic N) is 4. The second-order valence-corrected chi connectivity index (χ2v) is 7.69. The van der Waals surface area contributed by atoms with Crippen LogP contribution in [0.1, 0.15) is 41.5 Å². The van der Waals surface area contributed by atoms with E-state index in [-0.39, 0.29) is 17.0 Å². The van der Waals surface area contributed by atoms with Gasteiger partial charge in [-0.15, -0.1) is 0 Å². The number of aromatic nitrogens is 3. The van der Waals surface area contributed by atoms with Crippen LogP contribution in [0.2, 0.25) is 0 Å². The van der Waals surface area contributed by atoms with Gasteiger partial charge in [0, 0.05) is 5.54 Å². The maximum Gasteiger partial charge on any atom is 0.229 e. The average molecular weight is 308 g/mol. The van der Waals surface area contributed by atoms with Crippen LogP contribution in [0, 0.1) is 16.7 Å². The van der Waals surface area contributed by atoms with E-state index in [0.717, 1.165) is 0 Å². The molecule has 1 aromatic heterocycles. The molecule has 0 aliphatic rings. The number of thioether (sulfide) groups is 1. The van der Waals surface area contributed by atoms with Gasteiger partial charge >= 0.3 is 0 Å². The molecule has 0 aliphatic heterocycles. The molecule has 2 N–H and O–H groups in total. The molecule has 1 unspecified atom stereocenters. The molecule has 116 valence electrons. The highest BCUT2D eigenvalue weighted by atomic mass is 32.2. The van der Waals surface area contributed by atoms with Gasteiger partial charge in [0.1, 0.15) is 6.04 Å². The van der Waals surface area contributed by atoms with Crippen LogP contribution in [0.25, 0.3) is 0 Å². The van der Waals surface area contributed by atoms with Gasteiger partial charge in [-0.25, -0.2) is 0 Å². The summed E-state index contributed by atoms with van der Waals surface area (Å²) in [7, 11) is 0. The highest BCUT2D eigenvalue weighted by molar-refractivity contribution is 7.98. The van der Waals surface area contributed by atoms with Crippen molar-refractivity contribution < 1.29 is 0 Å². The van der Waals surface area contributed by atoms with E-state index in [0.29, 0.717) is 17.1 Å². The van der Waals surface area contributed by atoms with E-state index in [9.17, 15) is 5.26 Å². The molecule has 6 nitrogen and oxygen atoms in total. The van der Waals surface area contributed by atoms with Gasteiger partial charge in [-0.3, -0.25) is 0 Å². The summed E-state index contributed by atoms with van der Waals surface area (Å²) in [5, 5.41) is 16.2. The highest BCUT2D eigenvalue weighted by Crippen LogP contribution is 2.23. The molecule has 0 bridgehead atoms. The quantitative estimate of drug-likeness (QED) is 0.826. The number of hydrogen-bond donors (Lipinski definition) is 2. The molecule has 21 heavy (non-hydrogen) atoms. The predicted octanol–water partition coefficient (Wildman–Crippen LogP) is 3.15. The molecule has 7 heteroatoms. The Bertz CT molecular complexity index is 524. The molecule has 0 saturated carbocycles. The lowest BCUT2D eigenvalue weighted by Gasteiger charge is -2.26. The predicted molar refractivity (Wildman–Crippen MR) is 87.5 cm³/mol. The van der Waals surface area contributed by atoms with Crippen LogP contribution in [-0.4, -0.2) is 32.8 Å². The molecule has 0 aliphatic carbocycles.